The van der Waals surface area contributed by atoms with Gasteiger partial charge in [0.2, 0.25) is 17.7 Å². The highest BCUT2D eigenvalue weighted by molar-refractivity contribution is 5.92. The summed E-state index contributed by atoms with van der Waals surface area (Å²) in [7, 11) is 0. The fourth-order valence-electron chi connectivity index (χ4n) is 3.53. The molecule has 0 spiro atoms. The topological polar surface area (TPSA) is 60.9 Å². The van der Waals surface area contributed by atoms with Crippen LogP contribution in [-0.2, 0) is 20.9 Å². The number of amides is 3. The van der Waals surface area contributed by atoms with Crippen molar-refractivity contribution in [1.29, 1.82) is 0 Å². The molecule has 2 heterocycles. The molecule has 0 bridgehead atoms. The Bertz CT molecular complexity index is 704. The molecule has 2 fully saturated rings. The fourth-order valence-corrected chi connectivity index (χ4v) is 3.53. The molecular weight excluding hydrogens is 337 g/mol. The van der Waals surface area contributed by atoms with Crippen LogP contribution in [0.1, 0.15) is 25.8 Å². The number of benzene rings is 1. The third-order valence-corrected chi connectivity index (χ3v) is 5.05. The van der Waals surface area contributed by atoms with Gasteiger partial charge >= 0.3 is 0 Å². The van der Waals surface area contributed by atoms with E-state index in [0.717, 1.165) is 5.56 Å². The number of nitrogens with zero attached hydrogens (tertiary/aromatic N) is 3. The van der Waals surface area contributed by atoms with Gasteiger partial charge in [0.05, 0.1) is 12.5 Å². The lowest BCUT2D eigenvalue weighted by Crippen LogP contribution is -2.53. The van der Waals surface area contributed by atoms with E-state index in [4.69, 9.17) is 0 Å². The Balaban J connectivity index is 1.56. The summed E-state index contributed by atoms with van der Waals surface area (Å²) in [6, 6.07) is 6.14. The minimum Gasteiger partial charge on any atom is -0.339 e. The SMILES string of the molecule is CC(C)N1C[C@@H](C(=O)N2CCN(Cc3ccc(F)cc3)C(=O)C2)CC1=O. The maximum Gasteiger partial charge on any atom is 0.242 e. The molecule has 0 unspecified atom stereocenters. The van der Waals surface area contributed by atoms with E-state index in [0.29, 0.717) is 26.2 Å². The molecular formula is C19H24FN3O3. The highest BCUT2D eigenvalue weighted by Gasteiger charge is 2.39. The van der Waals surface area contributed by atoms with E-state index >= 15 is 0 Å². The number of rotatable bonds is 4. The van der Waals surface area contributed by atoms with Crippen LogP contribution in [0.5, 0.6) is 0 Å². The standard InChI is InChI=1S/C19H24FN3O3/c1-13(2)23-11-15(9-17(23)24)19(26)22-8-7-21(18(25)12-22)10-14-3-5-16(20)6-4-14/h3-6,13,15H,7-12H2,1-2H3/t15-/m0/s1. The second kappa shape index (κ2) is 7.43. The van der Waals surface area contributed by atoms with Crippen molar-refractivity contribution in [3.63, 3.8) is 0 Å². The van der Waals surface area contributed by atoms with Crippen LogP contribution in [0.25, 0.3) is 0 Å². The molecule has 0 radical (unpaired) electrons. The zero-order valence-electron chi connectivity index (χ0n) is 15.2. The van der Waals surface area contributed by atoms with E-state index in [1.807, 2.05) is 13.8 Å². The highest BCUT2D eigenvalue weighted by atomic mass is 19.1. The van der Waals surface area contributed by atoms with Gasteiger partial charge in [-0.15, -0.1) is 0 Å². The summed E-state index contributed by atoms with van der Waals surface area (Å²) >= 11 is 0. The molecule has 6 nitrogen and oxygen atoms in total. The zero-order valence-corrected chi connectivity index (χ0v) is 15.2. The Kier molecular flexibility index (Phi) is 5.25. The van der Waals surface area contributed by atoms with Crippen LogP contribution in [0.2, 0.25) is 0 Å². The van der Waals surface area contributed by atoms with Crippen molar-refractivity contribution >= 4 is 17.7 Å². The Morgan fingerprint density at radius 2 is 1.85 bits per heavy atom. The number of halogens is 1. The van der Waals surface area contributed by atoms with Gasteiger partial charge < -0.3 is 14.7 Å². The lowest BCUT2D eigenvalue weighted by Gasteiger charge is -2.35. The van der Waals surface area contributed by atoms with Gasteiger partial charge in [0, 0.05) is 38.6 Å². The highest BCUT2D eigenvalue weighted by Crippen LogP contribution is 2.23. The van der Waals surface area contributed by atoms with Crippen molar-refractivity contribution in [2.24, 2.45) is 5.92 Å². The van der Waals surface area contributed by atoms with Crippen molar-refractivity contribution in [3.05, 3.63) is 35.6 Å². The summed E-state index contributed by atoms with van der Waals surface area (Å²) in [4.78, 5) is 42.1. The Morgan fingerprint density at radius 3 is 2.42 bits per heavy atom. The molecule has 7 heteroatoms. The quantitative estimate of drug-likeness (QED) is 0.811. The van der Waals surface area contributed by atoms with Crippen LogP contribution in [0.15, 0.2) is 24.3 Å². The summed E-state index contributed by atoms with van der Waals surface area (Å²) in [6.45, 7) is 5.63. The fraction of sp³-hybridized carbons (Fsp3) is 0.526. The summed E-state index contributed by atoms with van der Waals surface area (Å²) < 4.78 is 13.0. The zero-order chi connectivity index (χ0) is 18.8. The van der Waals surface area contributed by atoms with Crippen LogP contribution in [0.3, 0.4) is 0 Å². The second-order valence-electron chi connectivity index (χ2n) is 7.24. The number of hydrogen-bond donors (Lipinski definition) is 0. The van der Waals surface area contributed by atoms with Crippen molar-refractivity contribution < 1.29 is 18.8 Å². The van der Waals surface area contributed by atoms with Crippen molar-refractivity contribution in [2.45, 2.75) is 32.9 Å². The molecule has 0 saturated carbocycles. The molecule has 0 aromatic heterocycles. The van der Waals surface area contributed by atoms with E-state index in [2.05, 4.69) is 0 Å². The summed E-state index contributed by atoms with van der Waals surface area (Å²) in [5.74, 6) is -0.909. The first-order valence-electron chi connectivity index (χ1n) is 8.95. The largest absolute Gasteiger partial charge is 0.339 e. The van der Waals surface area contributed by atoms with Crippen LogP contribution >= 0.6 is 0 Å². The number of carbonyl (C=O) groups excluding carboxylic acids is 3. The first-order valence-corrected chi connectivity index (χ1v) is 8.95. The number of piperazine rings is 1. The molecule has 2 aliphatic heterocycles. The molecule has 2 aliphatic rings. The Labute approximate surface area is 152 Å². The maximum atomic E-state index is 13.0. The smallest absolute Gasteiger partial charge is 0.242 e. The number of hydrogen-bond acceptors (Lipinski definition) is 3. The van der Waals surface area contributed by atoms with Gasteiger partial charge in [-0.05, 0) is 31.5 Å². The van der Waals surface area contributed by atoms with Crippen molar-refractivity contribution in [3.8, 4) is 0 Å². The average molecular weight is 361 g/mol. The summed E-state index contributed by atoms with van der Waals surface area (Å²) in [5, 5.41) is 0. The molecule has 140 valence electrons. The molecule has 26 heavy (non-hydrogen) atoms. The van der Waals surface area contributed by atoms with Crippen molar-refractivity contribution in [2.75, 3.05) is 26.2 Å². The second-order valence-corrected chi connectivity index (χ2v) is 7.24. The van der Waals surface area contributed by atoms with E-state index in [-0.39, 0.29) is 48.5 Å². The van der Waals surface area contributed by atoms with Crippen LogP contribution in [0.4, 0.5) is 4.39 Å². The molecule has 3 amide bonds. The van der Waals surface area contributed by atoms with Gasteiger partial charge in [-0.1, -0.05) is 12.1 Å². The molecule has 0 aliphatic carbocycles. The first kappa shape index (κ1) is 18.4. The van der Waals surface area contributed by atoms with Gasteiger partial charge in [-0.2, -0.15) is 0 Å². The summed E-state index contributed by atoms with van der Waals surface area (Å²) in [5.41, 5.74) is 0.855. The molecule has 1 atom stereocenters. The van der Waals surface area contributed by atoms with Gasteiger partial charge in [0.1, 0.15) is 5.82 Å². The van der Waals surface area contributed by atoms with Gasteiger partial charge in [-0.25, -0.2) is 4.39 Å². The van der Waals surface area contributed by atoms with Crippen LogP contribution < -0.4 is 0 Å². The predicted molar refractivity (Wildman–Crippen MR) is 93.4 cm³/mol. The molecule has 1 aromatic rings. The first-order chi connectivity index (χ1) is 12.3. The van der Waals surface area contributed by atoms with E-state index < -0.39 is 0 Å². The molecule has 1 aromatic carbocycles. The van der Waals surface area contributed by atoms with E-state index in [1.54, 1.807) is 26.8 Å². The number of carbonyl (C=O) groups is 3. The third kappa shape index (κ3) is 3.86. The molecule has 0 N–H and O–H groups in total. The molecule has 3 rings (SSSR count). The van der Waals surface area contributed by atoms with Crippen molar-refractivity contribution in [1.82, 2.24) is 14.7 Å². The lowest BCUT2D eigenvalue weighted by atomic mass is 10.1. The average Bonchev–Trinajstić information content (AvgIpc) is 3.00. The normalized spacial score (nSPS) is 21.1. The monoisotopic (exact) mass is 361 g/mol. The Morgan fingerprint density at radius 1 is 1.15 bits per heavy atom. The Hall–Kier alpha value is -2.44. The minimum atomic E-state index is -0.360. The van der Waals surface area contributed by atoms with Crippen LogP contribution in [0, 0.1) is 11.7 Å². The summed E-state index contributed by atoms with van der Waals surface area (Å²) in [6.07, 6.45) is 0.223. The lowest BCUT2D eigenvalue weighted by molar-refractivity contribution is -0.147. The third-order valence-electron chi connectivity index (χ3n) is 5.05. The van der Waals surface area contributed by atoms with E-state index in [9.17, 15) is 18.8 Å². The molecule has 2 saturated heterocycles. The predicted octanol–water partition coefficient (Wildman–Crippen LogP) is 1.25. The van der Waals surface area contributed by atoms with Crippen LogP contribution in [-0.4, -0.2) is 64.6 Å². The maximum absolute atomic E-state index is 13.0. The minimum absolute atomic E-state index is 0.000350. The van der Waals surface area contributed by atoms with Gasteiger partial charge in [0.25, 0.3) is 0 Å². The number of likely N-dealkylation sites (tertiary alicyclic amines) is 1. The van der Waals surface area contributed by atoms with Gasteiger partial charge in [-0.3, -0.25) is 14.4 Å². The van der Waals surface area contributed by atoms with Gasteiger partial charge in [0.15, 0.2) is 0 Å². The van der Waals surface area contributed by atoms with E-state index in [1.165, 1.54) is 12.1 Å².